The molecule has 0 atom stereocenters. The van der Waals surface area contributed by atoms with Crippen LogP contribution in [0.25, 0.3) is 5.57 Å². The molecule has 0 saturated carbocycles. The van der Waals surface area contributed by atoms with Gasteiger partial charge in [0.1, 0.15) is 0 Å². The van der Waals surface area contributed by atoms with E-state index in [1.807, 2.05) is 6.92 Å². The first-order chi connectivity index (χ1) is 8.60. The lowest BCUT2D eigenvalue weighted by Gasteiger charge is -2.00. The number of allylic oxidation sites excluding steroid dienone is 5. The van der Waals surface area contributed by atoms with E-state index in [2.05, 4.69) is 27.5 Å². The summed E-state index contributed by atoms with van der Waals surface area (Å²) in [5.41, 5.74) is 0.961. The summed E-state index contributed by atoms with van der Waals surface area (Å²) in [6.07, 6.45) is 6.50. The van der Waals surface area contributed by atoms with Gasteiger partial charge in [-0.2, -0.15) is 0 Å². The van der Waals surface area contributed by atoms with E-state index in [0.29, 0.717) is 12.4 Å². The number of halogens is 1. The van der Waals surface area contributed by atoms with E-state index in [4.69, 9.17) is 9.15 Å². The van der Waals surface area contributed by atoms with E-state index < -0.39 is 5.97 Å². The molecule has 1 rings (SSSR count). The van der Waals surface area contributed by atoms with Crippen LogP contribution in [0.3, 0.4) is 0 Å². The molecule has 1 heterocycles. The summed E-state index contributed by atoms with van der Waals surface area (Å²) in [4.78, 5) is 15.5. The molecule has 0 aliphatic heterocycles. The second-order valence-corrected chi connectivity index (χ2v) is 4.27. The monoisotopic (exact) mass is 311 g/mol. The number of rotatable bonds is 5. The van der Waals surface area contributed by atoms with Crippen molar-refractivity contribution in [2.75, 3.05) is 6.61 Å². The van der Waals surface area contributed by atoms with Crippen molar-refractivity contribution in [1.82, 2.24) is 4.98 Å². The van der Waals surface area contributed by atoms with Gasteiger partial charge in [0.05, 0.1) is 6.61 Å². The minimum absolute atomic E-state index is 0.189. The molecule has 0 spiro atoms. The van der Waals surface area contributed by atoms with Crippen molar-refractivity contribution in [3.63, 3.8) is 0 Å². The zero-order chi connectivity index (χ0) is 13.5. The zero-order valence-electron chi connectivity index (χ0n) is 10.3. The summed E-state index contributed by atoms with van der Waals surface area (Å²) in [6.45, 7) is 7.48. The fraction of sp³-hybridized carbons (Fsp3) is 0.231. The molecule has 0 amide bonds. The molecule has 0 aromatic carbocycles. The maximum atomic E-state index is 11.6. The highest BCUT2D eigenvalue weighted by molar-refractivity contribution is 9.11. The Hall–Kier alpha value is -1.62. The number of hydrogen-bond donors (Lipinski definition) is 0. The molecule has 0 fully saturated rings. The Bertz CT molecular complexity index is 500. The Morgan fingerprint density at radius 3 is 2.94 bits per heavy atom. The number of carbonyl (C=O) groups is 1. The number of oxazole rings is 1. The van der Waals surface area contributed by atoms with Gasteiger partial charge in [0.15, 0.2) is 17.8 Å². The lowest BCUT2D eigenvalue weighted by Crippen LogP contribution is -2.07. The first-order valence-corrected chi connectivity index (χ1v) is 6.17. The van der Waals surface area contributed by atoms with Crippen molar-refractivity contribution in [1.29, 1.82) is 0 Å². The largest absolute Gasteiger partial charge is 0.461 e. The lowest BCUT2D eigenvalue weighted by molar-refractivity contribution is 0.0519. The number of esters is 1. The van der Waals surface area contributed by atoms with Crippen LogP contribution in [0.15, 0.2) is 40.1 Å². The van der Waals surface area contributed by atoms with Crippen molar-refractivity contribution in [2.24, 2.45) is 0 Å². The third-order valence-electron chi connectivity index (χ3n) is 2.08. The van der Waals surface area contributed by atoms with E-state index in [-0.39, 0.29) is 5.69 Å². The maximum Gasteiger partial charge on any atom is 0.360 e. The van der Waals surface area contributed by atoms with Gasteiger partial charge in [-0.3, -0.25) is 0 Å². The quantitative estimate of drug-likeness (QED) is 0.614. The van der Waals surface area contributed by atoms with Crippen LogP contribution in [0.4, 0.5) is 0 Å². The molecule has 0 bridgehead atoms. The molecule has 96 valence electrons. The summed E-state index contributed by atoms with van der Waals surface area (Å²) in [7, 11) is 0. The molecule has 0 aliphatic carbocycles. The Morgan fingerprint density at radius 2 is 2.33 bits per heavy atom. The number of carbonyl (C=O) groups excluding carboxylic acids is 1. The number of ether oxygens (including phenoxy) is 1. The second kappa shape index (κ2) is 6.96. The maximum absolute atomic E-state index is 11.6. The third-order valence-corrected chi connectivity index (χ3v) is 2.67. The van der Waals surface area contributed by atoms with Gasteiger partial charge in [-0.05, 0) is 25.5 Å². The van der Waals surface area contributed by atoms with Gasteiger partial charge >= 0.3 is 5.97 Å². The molecule has 4 nitrogen and oxygen atoms in total. The van der Waals surface area contributed by atoms with Gasteiger partial charge in [-0.15, -0.1) is 0 Å². The Labute approximate surface area is 114 Å². The smallest absolute Gasteiger partial charge is 0.360 e. The molecular weight excluding hydrogens is 298 g/mol. The Balaban J connectivity index is 3.00. The average Bonchev–Trinajstić information content (AvgIpc) is 2.85. The van der Waals surface area contributed by atoms with E-state index in [1.54, 1.807) is 25.2 Å². The van der Waals surface area contributed by atoms with Gasteiger partial charge < -0.3 is 9.15 Å². The molecule has 0 N–H and O–H groups in total. The predicted molar refractivity (Wildman–Crippen MR) is 73.3 cm³/mol. The Morgan fingerprint density at radius 1 is 1.61 bits per heavy atom. The van der Waals surface area contributed by atoms with Crippen molar-refractivity contribution in [3.8, 4) is 0 Å². The lowest BCUT2D eigenvalue weighted by atomic mass is 10.2. The standard InChI is InChI=1S/C13H14BrNO3/c1-4-10(14)7-6-9(3)12-11(15-8-18-12)13(16)17-5-2/h4,6-8H,1,5H2,2-3H3/b9-6+,10-7+. The van der Waals surface area contributed by atoms with Crippen LogP contribution < -0.4 is 0 Å². The van der Waals surface area contributed by atoms with Gasteiger partial charge in [0.2, 0.25) is 0 Å². The van der Waals surface area contributed by atoms with Crippen LogP contribution in [0.5, 0.6) is 0 Å². The fourth-order valence-electron chi connectivity index (χ4n) is 1.22. The zero-order valence-corrected chi connectivity index (χ0v) is 11.9. The number of nitrogens with zero attached hydrogens (tertiary/aromatic N) is 1. The number of hydrogen-bond acceptors (Lipinski definition) is 4. The highest BCUT2D eigenvalue weighted by Crippen LogP contribution is 2.19. The Kier molecular flexibility index (Phi) is 5.58. The van der Waals surface area contributed by atoms with Crippen molar-refractivity contribution >= 4 is 27.5 Å². The molecular formula is C13H14BrNO3. The topological polar surface area (TPSA) is 52.3 Å². The normalized spacial score (nSPS) is 12.4. The van der Waals surface area contributed by atoms with Crippen LogP contribution in [-0.2, 0) is 4.74 Å². The molecule has 1 aromatic rings. The van der Waals surface area contributed by atoms with Gasteiger partial charge in [-0.25, -0.2) is 9.78 Å². The summed E-state index contributed by atoms with van der Waals surface area (Å²) in [6, 6.07) is 0. The van der Waals surface area contributed by atoms with Gasteiger partial charge in [0, 0.05) is 4.48 Å². The molecule has 0 unspecified atom stereocenters. The van der Waals surface area contributed by atoms with Crippen molar-refractivity contribution in [3.05, 3.63) is 47.1 Å². The van der Waals surface area contributed by atoms with Crippen LogP contribution in [-0.4, -0.2) is 17.6 Å². The molecule has 1 aromatic heterocycles. The van der Waals surface area contributed by atoms with Crippen LogP contribution in [0.2, 0.25) is 0 Å². The van der Waals surface area contributed by atoms with Crippen LogP contribution in [0, 0.1) is 0 Å². The first-order valence-electron chi connectivity index (χ1n) is 5.37. The summed E-state index contributed by atoms with van der Waals surface area (Å²) >= 11 is 3.30. The fourth-order valence-corrected chi connectivity index (χ4v) is 1.35. The van der Waals surface area contributed by atoms with Gasteiger partial charge in [0.25, 0.3) is 0 Å². The third kappa shape index (κ3) is 3.70. The van der Waals surface area contributed by atoms with E-state index >= 15 is 0 Å². The molecule has 5 heteroatoms. The minimum Gasteiger partial charge on any atom is -0.461 e. The van der Waals surface area contributed by atoms with E-state index in [0.717, 1.165) is 10.1 Å². The minimum atomic E-state index is -0.485. The summed E-state index contributed by atoms with van der Waals surface area (Å²) < 4.78 is 10.9. The first kappa shape index (κ1) is 14.4. The van der Waals surface area contributed by atoms with Crippen LogP contribution in [0.1, 0.15) is 30.1 Å². The second-order valence-electron chi connectivity index (χ2n) is 3.36. The molecule has 0 radical (unpaired) electrons. The van der Waals surface area contributed by atoms with Crippen LogP contribution >= 0.6 is 15.9 Å². The molecule has 0 aliphatic rings. The van der Waals surface area contributed by atoms with E-state index in [1.165, 1.54) is 6.39 Å². The van der Waals surface area contributed by atoms with Gasteiger partial charge in [-0.1, -0.05) is 34.7 Å². The number of aromatic nitrogens is 1. The highest BCUT2D eigenvalue weighted by Gasteiger charge is 2.18. The van der Waals surface area contributed by atoms with E-state index in [9.17, 15) is 4.79 Å². The van der Waals surface area contributed by atoms with Crippen molar-refractivity contribution in [2.45, 2.75) is 13.8 Å². The molecule has 18 heavy (non-hydrogen) atoms. The summed E-state index contributed by atoms with van der Waals surface area (Å²) in [5, 5.41) is 0. The molecule has 0 saturated heterocycles. The van der Waals surface area contributed by atoms with Crippen molar-refractivity contribution < 1.29 is 13.9 Å². The SMILES string of the molecule is C=C/C(Br)=C\C=C(/C)c1ocnc1C(=O)OCC. The average molecular weight is 312 g/mol. The predicted octanol–water partition coefficient (Wildman–Crippen LogP) is 3.72. The highest BCUT2D eigenvalue weighted by atomic mass is 79.9. The summed E-state index contributed by atoms with van der Waals surface area (Å²) in [5.74, 6) is -0.0742.